The number of hydrogen-bond acceptors (Lipinski definition) is 4. The topological polar surface area (TPSA) is 80.0 Å². The zero-order valence-electron chi connectivity index (χ0n) is 13.1. The molecule has 0 unspecified atom stereocenters. The Balaban J connectivity index is 1.59. The van der Waals surface area contributed by atoms with E-state index >= 15 is 0 Å². The van der Waals surface area contributed by atoms with Crippen molar-refractivity contribution in [3.63, 3.8) is 0 Å². The Morgan fingerprint density at radius 2 is 1.70 bits per heavy atom. The molecule has 2 aromatic rings. The lowest BCUT2D eigenvalue weighted by Gasteiger charge is -2.26. The van der Waals surface area contributed by atoms with Gasteiger partial charge in [-0.25, -0.2) is 0 Å². The van der Waals surface area contributed by atoms with Crippen LogP contribution in [0.15, 0.2) is 36.9 Å². The predicted octanol–water partition coefficient (Wildman–Crippen LogP) is 2.08. The molecule has 3 rings (SSSR count). The van der Waals surface area contributed by atoms with E-state index in [-0.39, 0.29) is 5.91 Å². The highest BCUT2D eigenvalue weighted by Gasteiger charge is 2.28. The van der Waals surface area contributed by atoms with Crippen molar-refractivity contribution in [2.24, 2.45) is 0 Å². The first-order valence-corrected chi connectivity index (χ1v) is 8.12. The maximum absolute atomic E-state index is 12.3. The van der Waals surface area contributed by atoms with Crippen LogP contribution < -0.4 is 5.32 Å². The van der Waals surface area contributed by atoms with Gasteiger partial charge < -0.3 is 10.4 Å². The van der Waals surface area contributed by atoms with Crippen LogP contribution in [0.25, 0.3) is 5.69 Å². The molecule has 1 amide bonds. The molecule has 0 radical (unpaired) electrons. The number of carbonyl (C=O) groups is 1. The van der Waals surface area contributed by atoms with Crippen LogP contribution in [0.3, 0.4) is 0 Å². The van der Waals surface area contributed by atoms with Gasteiger partial charge in [0.05, 0.1) is 5.60 Å². The van der Waals surface area contributed by atoms with Crippen LogP contribution in [0.4, 0.5) is 0 Å². The Bertz CT molecular complexity index is 629. The van der Waals surface area contributed by atoms with Gasteiger partial charge in [0.2, 0.25) is 0 Å². The molecular formula is C17H22N4O2. The number of benzene rings is 1. The molecule has 23 heavy (non-hydrogen) atoms. The number of nitrogens with zero attached hydrogens (tertiary/aromatic N) is 3. The van der Waals surface area contributed by atoms with Crippen LogP contribution in [0.5, 0.6) is 0 Å². The Labute approximate surface area is 135 Å². The maximum Gasteiger partial charge on any atom is 0.251 e. The summed E-state index contributed by atoms with van der Waals surface area (Å²) >= 11 is 0. The van der Waals surface area contributed by atoms with E-state index in [4.69, 9.17) is 0 Å². The maximum atomic E-state index is 12.3. The SMILES string of the molecule is O=C(NCC1(O)CCCCCC1)c1ccc(-n2cnnc2)cc1. The summed E-state index contributed by atoms with van der Waals surface area (Å²) in [4.78, 5) is 12.3. The van der Waals surface area contributed by atoms with Crippen molar-refractivity contribution in [3.05, 3.63) is 42.5 Å². The van der Waals surface area contributed by atoms with Gasteiger partial charge in [-0.2, -0.15) is 0 Å². The molecule has 0 bridgehead atoms. The Hall–Kier alpha value is -2.21. The molecule has 1 aliphatic rings. The lowest BCUT2D eigenvalue weighted by atomic mass is 9.94. The number of carbonyl (C=O) groups excluding carboxylic acids is 1. The summed E-state index contributed by atoms with van der Waals surface area (Å²) < 4.78 is 1.77. The third kappa shape index (κ3) is 3.96. The van der Waals surface area contributed by atoms with Gasteiger partial charge in [0, 0.05) is 17.8 Å². The molecule has 1 fully saturated rings. The predicted molar refractivity (Wildman–Crippen MR) is 86.3 cm³/mol. The van der Waals surface area contributed by atoms with Crippen LogP contribution in [-0.2, 0) is 0 Å². The Kier molecular flexibility index (Phi) is 4.71. The van der Waals surface area contributed by atoms with Crippen molar-refractivity contribution < 1.29 is 9.90 Å². The number of nitrogens with one attached hydrogen (secondary N) is 1. The first-order chi connectivity index (χ1) is 11.2. The molecule has 6 nitrogen and oxygen atoms in total. The minimum atomic E-state index is -0.755. The van der Waals surface area contributed by atoms with Crippen molar-refractivity contribution in [3.8, 4) is 5.69 Å². The molecule has 1 saturated carbocycles. The number of hydrogen-bond donors (Lipinski definition) is 2. The van der Waals surface area contributed by atoms with Crippen LogP contribution in [0.2, 0.25) is 0 Å². The number of amides is 1. The molecule has 1 aromatic heterocycles. The fraction of sp³-hybridized carbons (Fsp3) is 0.471. The minimum absolute atomic E-state index is 0.155. The summed E-state index contributed by atoms with van der Waals surface area (Å²) in [6.07, 6.45) is 9.13. The van der Waals surface area contributed by atoms with E-state index in [0.717, 1.165) is 31.4 Å². The normalized spacial score (nSPS) is 17.4. The van der Waals surface area contributed by atoms with Crippen molar-refractivity contribution in [1.29, 1.82) is 0 Å². The van der Waals surface area contributed by atoms with Crippen molar-refractivity contribution in [2.45, 2.75) is 44.1 Å². The molecule has 1 heterocycles. The van der Waals surface area contributed by atoms with Gasteiger partial charge in [0.15, 0.2) is 0 Å². The lowest BCUT2D eigenvalue weighted by molar-refractivity contribution is 0.0246. The van der Waals surface area contributed by atoms with Gasteiger partial charge >= 0.3 is 0 Å². The molecule has 122 valence electrons. The second-order valence-electron chi connectivity index (χ2n) is 6.24. The molecule has 0 spiro atoms. The third-order valence-electron chi connectivity index (χ3n) is 4.46. The van der Waals surface area contributed by atoms with Gasteiger partial charge in [-0.05, 0) is 37.1 Å². The summed E-state index contributed by atoms with van der Waals surface area (Å²) in [6.45, 7) is 0.318. The molecule has 0 saturated heterocycles. The van der Waals surface area contributed by atoms with Gasteiger partial charge in [0.1, 0.15) is 12.7 Å². The van der Waals surface area contributed by atoms with E-state index in [1.54, 1.807) is 29.4 Å². The van der Waals surface area contributed by atoms with Crippen molar-refractivity contribution in [2.75, 3.05) is 6.54 Å². The number of rotatable bonds is 4. The molecule has 2 N–H and O–H groups in total. The van der Waals surface area contributed by atoms with Crippen molar-refractivity contribution in [1.82, 2.24) is 20.1 Å². The zero-order valence-corrected chi connectivity index (χ0v) is 13.1. The second-order valence-corrected chi connectivity index (χ2v) is 6.24. The largest absolute Gasteiger partial charge is 0.388 e. The van der Waals surface area contributed by atoms with E-state index in [9.17, 15) is 9.90 Å². The smallest absolute Gasteiger partial charge is 0.251 e. The van der Waals surface area contributed by atoms with Crippen LogP contribution in [0, 0.1) is 0 Å². The van der Waals surface area contributed by atoms with Gasteiger partial charge in [-0.15, -0.1) is 10.2 Å². The quantitative estimate of drug-likeness (QED) is 0.847. The van der Waals surface area contributed by atoms with Gasteiger partial charge in [0.25, 0.3) is 5.91 Å². The van der Waals surface area contributed by atoms with E-state index in [1.165, 1.54) is 12.8 Å². The fourth-order valence-electron chi connectivity index (χ4n) is 3.03. The van der Waals surface area contributed by atoms with E-state index in [0.29, 0.717) is 12.1 Å². The second kappa shape index (κ2) is 6.91. The fourth-order valence-corrected chi connectivity index (χ4v) is 3.03. The van der Waals surface area contributed by atoms with Crippen LogP contribution in [0.1, 0.15) is 48.9 Å². The summed E-state index contributed by atoms with van der Waals surface area (Å²) in [6, 6.07) is 7.22. The molecule has 0 atom stereocenters. The zero-order chi connectivity index (χ0) is 16.1. The number of aromatic nitrogens is 3. The lowest BCUT2D eigenvalue weighted by Crippen LogP contribution is -2.42. The third-order valence-corrected chi connectivity index (χ3v) is 4.46. The van der Waals surface area contributed by atoms with Crippen LogP contribution in [-0.4, -0.2) is 37.9 Å². The highest BCUT2D eigenvalue weighted by atomic mass is 16.3. The number of aliphatic hydroxyl groups is 1. The highest BCUT2D eigenvalue weighted by molar-refractivity contribution is 5.94. The van der Waals surface area contributed by atoms with E-state index < -0.39 is 5.60 Å². The summed E-state index contributed by atoms with van der Waals surface area (Å²) in [5, 5.41) is 21.0. The van der Waals surface area contributed by atoms with Crippen LogP contribution >= 0.6 is 0 Å². The summed E-state index contributed by atoms with van der Waals surface area (Å²) in [7, 11) is 0. The molecule has 1 aliphatic carbocycles. The van der Waals surface area contributed by atoms with Crippen molar-refractivity contribution >= 4 is 5.91 Å². The average molecular weight is 314 g/mol. The summed E-state index contributed by atoms with van der Waals surface area (Å²) in [5.74, 6) is -0.155. The monoisotopic (exact) mass is 314 g/mol. The molecule has 6 heteroatoms. The molecular weight excluding hydrogens is 292 g/mol. The average Bonchev–Trinajstić information content (AvgIpc) is 3.02. The molecule has 0 aliphatic heterocycles. The van der Waals surface area contributed by atoms with Gasteiger partial charge in [-0.1, -0.05) is 25.7 Å². The van der Waals surface area contributed by atoms with Gasteiger partial charge in [-0.3, -0.25) is 9.36 Å². The molecule has 1 aromatic carbocycles. The Morgan fingerprint density at radius 3 is 2.30 bits per heavy atom. The standard InChI is InChI=1S/C17H22N4O2/c22-16(18-11-17(23)9-3-1-2-4-10-17)14-5-7-15(8-6-14)21-12-19-20-13-21/h5-8,12-13,23H,1-4,9-11H2,(H,18,22). The first kappa shape index (κ1) is 15.7. The summed E-state index contributed by atoms with van der Waals surface area (Å²) in [5.41, 5.74) is 0.724. The van der Waals surface area contributed by atoms with E-state index in [2.05, 4.69) is 15.5 Å². The highest BCUT2D eigenvalue weighted by Crippen LogP contribution is 2.26. The van der Waals surface area contributed by atoms with E-state index in [1.807, 2.05) is 12.1 Å². The first-order valence-electron chi connectivity index (χ1n) is 8.12. The Morgan fingerprint density at radius 1 is 1.09 bits per heavy atom. The minimum Gasteiger partial charge on any atom is -0.388 e.